The second kappa shape index (κ2) is 46.2. The lowest BCUT2D eigenvalue weighted by Crippen LogP contribution is -2.68. The molecular formula is C120H144N8O12S4. The highest BCUT2D eigenvalue weighted by atomic mass is 32.2. The molecule has 2 N–H and O–H groups in total. The van der Waals surface area contributed by atoms with E-state index in [1.807, 2.05) is 88.4 Å². The Kier molecular flexibility index (Phi) is 33.8. The van der Waals surface area contributed by atoms with Crippen molar-refractivity contribution in [3.63, 3.8) is 0 Å². The van der Waals surface area contributed by atoms with Crippen molar-refractivity contribution in [2.24, 2.45) is 0 Å². The van der Waals surface area contributed by atoms with Crippen LogP contribution in [-0.2, 0) is 49.6 Å². The highest BCUT2D eigenvalue weighted by Crippen LogP contribution is 2.50. The van der Waals surface area contributed by atoms with Gasteiger partial charge >= 0.3 is 0 Å². The highest BCUT2D eigenvalue weighted by Gasteiger charge is 2.55. The number of rotatable bonds is 22. The summed E-state index contributed by atoms with van der Waals surface area (Å²) in [6.45, 7) is 29.5. The van der Waals surface area contributed by atoms with Gasteiger partial charge in [0.15, 0.2) is 0 Å². The standard InChI is InChI=1S/C31H38N2O3S.2C30H36N2O3S.C29H34N2O3S/c1-22-11-9-12-27(24(22)3)25-14-16-26(17-15-25)31-28-20-32(18-7-8-19-33(28)29(31)21-36-4)37(34,35)30-13-6-5-10-23(30)2;1-22-9-8-11-26(19-22)24-13-15-25(16-14-24)30-27-20-31(17-6-7-18-32(27)28(30)21-35-3)36(33,34)29-12-5-4-10-23(29)2;1-21-10-8-11-26(23(21)3)24-13-15-25(16-14-24)30-27-19-31(17-6-7-18-32(27)28(30)20-33)36(34,35)29-12-5-4-9-22(29)2;1-21-8-7-10-25(18-21)23-12-14-24(15-13-23)29-26-19-30(16-5-6-17-31(26)27(29)20-32)35(33,34)28-11-4-3-9-22(28)2/h5-6,9-17,28-29,31H,7-8,18-21H2,1-4H3;4-5,8-16,19,27-28,30H,6-7,17-18,20-21H2,1-3H3;4-5,8-16,27-28,30,33H,6-7,17-20H2,1-3H3;3-4,7-15,18,26-27,29,32H,5-6,16-17,19-20H2,1-2H3/t28-,29+,31-;2*27-,28+,30-;26-,27+,29-/m0000/s1. The molecule has 20 rings (SSSR count). The number of sulfonamides is 4. The molecule has 12 aromatic rings. The van der Waals surface area contributed by atoms with Crippen molar-refractivity contribution in [1.82, 2.24) is 36.8 Å². The van der Waals surface area contributed by atoms with Crippen LogP contribution < -0.4 is 0 Å². The topological polar surface area (TPSA) is 221 Å². The molecule has 0 amide bonds. The van der Waals surface area contributed by atoms with Crippen molar-refractivity contribution < 1.29 is 53.4 Å². The maximum Gasteiger partial charge on any atom is 0.243 e. The van der Waals surface area contributed by atoms with Gasteiger partial charge < -0.3 is 19.7 Å². The van der Waals surface area contributed by atoms with Gasteiger partial charge in [0.2, 0.25) is 40.1 Å². The Morgan fingerprint density at radius 2 is 0.493 bits per heavy atom. The van der Waals surface area contributed by atoms with Gasteiger partial charge in [-0.15, -0.1) is 0 Å². The van der Waals surface area contributed by atoms with Crippen LogP contribution in [0.1, 0.15) is 153 Å². The minimum atomic E-state index is -3.59. The van der Waals surface area contributed by atoms with Crippen LogP contribution in [0, 0.1) is 69.2 Å². The van der Waals surface area contributed by atoms with Crippen LogP contribution >= 0.6 is 0 Å². The quantitative estimate of drug-likeness (QED) is 0.0644. The summed E-state index contributed by atoms with van der Waals surface area (Å²) in [5.41, 5.74) is 25.3. The van der Waals surface area contributed by atoms with Crippen LogP contribution in [0.25, 0.3) is 44.5 Å². The summed E-state index contributed by atoms with van der Waals surface area (Å²) < 4.78 is 128. The highest BCUT2D eigenvalue weighted by molar-refractivity contribution is 7.90. The zero-order valence-electron chi connectivity index (χ0n) is 85.6. The average Bonchev–Trinajstić information content (AvgIpc) is 0.751. The van der Waals surface area contributed by atoms with Crippen molar-refractivity contribution in [3.8, 4) is 44.5 Å². The molecule has 0 aromatic heterocycles. The van der Waals surface area contributed by atoms with Gasteiger partial charge in [0.1, 0.15) is 0 Å². The third-order valence-electron chi connectivity index (χ3n) is 32.2. The van der Waals surface area contributed by atoms with Crippen molar-refractivity contribution in [2.75, 3.05) is 119 Å². The minimum absolute atomic E-state index is 0.0164. The summed E-state index contributed by atoms with van der Waals surface area (Å²) in [7, 11) is -10.8. The smallest absolute Gasteiger partial charge is 0.243 e. The van der Waals surface area contributed by atoms with Gasteiger partial charge in [-0.3, -0.25) is 19.6 Å². The molecule has 8 heterocycles. The van der Waals surface area contributed by atoms with Gasteiger partial charge in [-0.25, -0.2) is 33.7 Å². The fourth-order valence-corrected chi connectivity index (χ4v) is 31.0. The molecule has 0 unspecified atom stereocenters. The van der Waals surface area contributed by atoms with Crippen molar-refractivity contribution in [2.45, 2.75) is 212 Å². The average molecular weight is 2020 g/mol. The summed E-state index contributed by atoms with van der Waals surface area (Å²) in [4.78, 5) is 11.2. The maximum atomic E-state index is 13.7. The number of benzene rings is 12. The van der Waals surface area contributed by atoms with Gasteiger partial charge in [0, 0.05) is 139 Å². The monoisotopic (exact) mass is 2020 g/mol. The zero-order chi connectivity index (χ0) is 101. The van der Waals surface area contributed by atoms with Crippen LogP contribution in [0.5, 0.6) is 0 Å². The second-order valence-electron chi connectivity index (χ2n) is 40.9. The molecule has 8 fully saturated rings. The molecule has 0 aliphatic carbocycles. The summed E-state index contributed by atoms with van der Waals surface area (Å²) >= 11 is 0. The number of aryl methyl sites for hydroxylation is 8. The number of aliphatic hydroxyl groups excluding tert-OH is 2. The van der Waals surface area contributed by atoms with E-state index in [9.17, 15) is 43.9 Å². The van der Waals surface area contributed by atoms with E-state index in [1.165, 1.54) is 83.5 Å². The van der Waals surface area contributed by atoms with Crippen molar-refractivity contribution in [3.05, 3.63) is 357 Å². The molecule has 8 saturated heterocycles. The molecule has 8 aliphatic rings. The van der Waals surface area contributed by atoms with Crippen LogP contribution in [0.2, 0.25) is 0 Å². The first-order chi connectivity index (χ1) is 69.4. The van der Waals surface area contributed by atoms with Crippen LogP contribution in [-0.4, -0.2) is 248 Å². The normalized spacial score (nSPS) is 23.4. The van der Waals surface area contributed by atoms with E-state index in [0.717, 1.165) is 116 Å². The first-order valence-electron chi connectivity index (χ1n) is 51.6. The van der Waals surface area contributed by atoms with Gasteiger partial charge in [0.25, 0.3) is 0 Å². The van der Waals surface area contributed by atoms with E-state index >= 15 is 0 Å². The zero-order valence-corrected chi connectivity index (χ0v) is 88.9. The first kappa shape index (κ1) is 105. The van der Waals surface area contributed by atoms with Crippen LogP contribution in [0.4, 0.5) is 0 Å². The maximum absolute atomic E-state index is 13.7. The Morgan fingerprint density at radius 3 is 0.750 bits per heavy atom. The Labute approximate surface area is 856 Å². The largest absolute Gasteiger partial charge is 0.395 e. The molecule has 24 heteroatoms. The van der Waals surface area contributed by atoms with Crippen LogP contribution in [0.15, 0.2) is 299 Å². The molecule has 12 atom stereocenters. The molecule has 0 bridgehead atoms. The lowest BCUT2D eigenvalue weighted by molar-refractivity contribution is -0.0635. The lowest BCUT2D eigenvalue weighted by atomic mass is 9.74. The lowest BCUT2D eigenvalue weighted by Gasteiger charge is -2.57. The van der Waals surface area contributed by atoms with Crippen LogP contribution in [0.3, 0.4) is 0 Å². The summed E-state index contributed by atoms with van der Waals surface area (Å²) in [6.07, 6.45) is 7.18. The van der Waals surface area contributed by atoms with E-state index in [1.54, 1.807) is 67.8 Å². The number of nitrogens with zero attached hydrogens (tertiary/aromatic N) is 8. The van der Waals surface area contributed by atoms with Crippen molar-refractivity contribution in [1.29, 1.82) is 0 Å². The number of methoxy groups -OCH3 is 2. The molecule has 20 nitrogen and oxygen atoms in total. The summed E-state index contributed by atoms with van der Waals surface area (Å²) in [5.74, 6) is 0.638. The number of hydrogen-bond acceptors (Lipinski definition) is 16. The van der Waals surface area contributed by atoms with E-state index < -0.39 is 40.1 Å². The molecule has 0 spiro atoms. The molecule has 8 aliphatic heterocycles. The molecular weight excluding hydrogens is 1870 g/mol. The predicted octanol–water partition coefficient (Wildman–Crippen LogP) is 20.3. The molecule has 0 saturated carbocycles. The van der Waals surface area contributed by atoms with Crippen molar-refractivity contribution >= 4 is 40.1 Å². The molecule has 0 radical (unpaired) electrons. The van der Waals surface area contributed by atoms with E-state index in [-0.39, 0.29) is 85.2 Å². The van der Waals surface area contributed by atoms with E-state index in [4.69, 9.17) is 9.47 Å². The second-order valence-corrected chi connectivity index (χ2v) is 48.6. The Bertz CT molecular complexity index is 6940. The number of aliphatic hydroxyl groups is 2. The first-order valence-corrected chi connectivity index (χ1v) is 57.3. The SMILES string of the molecule is COC[C@@H]1[C@@H](c2ccc(-c3cccc(C)c3)cc2)[C@@H]2CN(S(=O)(=O)c3ccccc3C)CCCCN12.COC[C@@H]1[C@@H](c2ccc(-c3cccc(C)c3C)cc2)[C@@H]2CN(S(=O)(=O)c3ccccc3C)CCCCN12.Cc1cccc(-c2ccc([C@@H]3[C@@H](CO)N4CCCCN(S(=O)(=O)c5ccccc5C)C[C@@H]34)cc2)c1.Cc1ccccc1S(=O)(=O)N1CCCCN2[C@H](CO)[C@@H](c3ccc(-c4cccc(C)c4C)cc3)[C@@H]2C1. The predicted molar refractivity (Wildman–Crippen MR) is 579 cm³/mol. The van der Waals surface area contributed by atoms with Gasteiger partial charge in [-0.2, -0.15) is 17.2 Å². The van der Waals surface area contributed by atoms with Gasteiger partial charge in [-0.1, -0.05) is 266 Å². The Hall–Kier alpha value is -10.0. The van der Waals surface area contributed by atoms with E-state index in [0.29, 0.717) is 85.2 Å². The molecule has 144 heavy (non-hydrogen) atoms. The summed E-state index contributed by atoms with van der Waals surface area (Å²) in [6, 6.07) is 94.8. The fourth-order valence-electron chi connectivity index (χ4n) is 24.1. The molecule has 12 aromatic carbocycles. The summed E-state index contributed by atoms with van der Waals surface area (Å²) in [5, 5.41) is 20.5. The van der Waals surface area contributed by atoms with E-state index in [2.05, 4.69) is 243 Å². The Balaban J connectivity index is 0.000000132. The Morgan fingerprint density at radius 1 is 0.257 bits per heavy atom. The number of hydrogen-bond donors (Lipinski definition) is 2. The number of fused-ring (bicyclic) bond motifs is 4. The van der Waals surface area contributed by atoms with Gasteiger partial charge in [0.05, 0.1) is 46.0 Å². The minimum Gasteiger partial charge on any atom is -0.395 e. The number of ether oxygens (including phenoxy) is 2. The fraction of sp³-hybridized carbons (Fsp3) is 0.400. The third kappa shape index (κ3) is 22.1. The molecule has 760 valence electrons. The third-order valence-corrected chi connectivity index (χ3v) is 40.3. The van der Waals surface area contributed by atoms with Gasteiger partial charge in [-0.05, 0) is 282 Å².